The molecule has 0 spiro atoms. The van der Waals surface area contributed by atoms with Gasteiger partial charge in [-0.3, -0.25) is 10.4 Å². The number of hydrogen-bond donors (Lipinski definition) is 2. The van der Waals surface area contributed by atoms with E-state index in [1.807, 2.05) is 0 Å². The van der Waals surface area contributed by atoms with Gasteiger partial charge in [0, 0.05) is 18.9 Å². The Kier molecular flexibility index (Phi) is 7.26. The highest BCUT2D eigenvalue weighted by Gasteiger charge is 2.12. The Labute approximate surface area is 156 Å². The van der Waals surface area contributed by atoms with Crippen LogP contribution in [0, 0.1) is 0 Å². The molecular formula is C18H18N4O3S. The van der Waals surface area contributed by atoms with Gasteiger partial charge in [0.25, 0.3) is 0 Å². The lowest BCUT2D eigenvalue weighted by molar-refractivity contribution is 0.0729. The van der Waals surface area contributed by atoms with Crippen LogP contribution in [-0.2, 0) is 0 Å². The largest absolute Gasteiger partial charge is 0.493 e. The van der Waals surface area contributed by atoms with Crippen LogP contribution in [0.25, 0.3) is 0 Å². The average molecular weight is 370 g/mol. The third-order valence-corrected chi connectivity index (χ3v) is 3.31. The van der Waals surface area contributed by atoms with Gasteiger partial charge in [0.15, 0.2) is 16.6 Å². The van der Waals surface area contributed by atoms with Crippen LogP contribution in [0.4, 0.5) is 0 Å². The number of esters is 1. The maximum atomic E-state index is 12.1. The summed E-state index contributed by atoms with van der Waals surface area (Å²) < 4.78 is 10.6. The second kappa shape index (κ2) is 9.90. The fraction of sp³-hybridized carbons (Fsp3) is 0.111. The van der Waals surface area contributed by atoms with Gasteiger partial charge >= 0.3 is 5.97 Å². The molecule has 7 nitrogen and oxygen atoms in total. The van der Waals surface area contributed by atoms with E-state index in [0.717, 1.165) is 5.56 Å². The number of methoxy groups -OCH3 is 1. The summed E-state index contributed by atoms with van der Waals surface area (Å²) in [5.41, 5.74) is 3.77. The Morgan fingerprint density at radius 3 is 2.92 bits per heavy atom. The second-order valence-corrected chi connectivity index (χ2v) is 5.32. The van der Waals surface area contributed by atoms with Crippen molar-refractivity contribution in [3.05, 3.63) is 66.5 Å². The van der Waals surface area contributed by atoms with Crippen LogP contribution in [-0.4, -0.2) is 35.9 Å². The topological polar surface area (TPSA) is 84.8 Å². The van der Waals surface area contributed by atoms with Gasteiger partial charge in [-0.1, -0.05) is 6.08 Å². The van der Waals surface area contributed by atoms with Crippen LogP contribution in [0.5, 0.6) is 11.5 Å². The Morgan fingerprint density at radius 1 is 1.38 bits per heavy atom. The SMILES string of the molecule is C=CCNC(=S)N/N=C\c1ccc(OC(=O)c2cccnc2)c(OC)c1. The Bertz CT molecular complexity index is 809. The third kappa shape index (κ3) is 5.67. The molecule has 26 heavy (non-hydrogen) atoms. The van der Waals surface area contributed by atoms with Crippen LogP contribution < -0.4 is 20.2 Å². The number of carbonyl (C=O) groups is 1. The summed E-state index contributed by atoms with van der Waals surface area (Å²) in [6, 6.07) is 8.34. The van der Waals surface area contributed by atoms with Crippen LogP contribution >= 0.6 is 12.2 Å². The van der Waals surface area contributed by atoms with Gasteiger partial charge < -0.3 is 14.8 Å². The third-order valence-electron chi connectivity index (χ3n) is 3.07. The minimum absolute atomic E-state index is 0.301. The highest BCUT2D eigenvalue weighted by molar-refractivity contribution is 7.80. The molecule has 0 saturated carbocycles. The van der Waals surface area contributed by atoms with Crippen molar-refractivity contribution in [1.29, 1.82) is 0 Å². The molecule has 0 aliphatic rings. The minimum Gasteiger partial charge on any atom is -0.493 e. The van der Waals surface area contributed by atoms with Gasteiger partial charge in [0.05, 0.1) is 18.9 Å². The van der Waals surface area contributed by atoms with E-state index in [4.69, 9.17) is 21.7 Å². The zero-order valence-corrected chi connectivity index (χ0v) is 15.0. The number of hydrogen-bond acceptors (Lipinski definition) is 6. The molecule has 1 aromatic carbocycles. The standard InChI is InChI=1S/C18H18N4O3S/c1-3-8-20-18(26)22-21-11-13-6-7-15(16(10-13)24-2)25-17(23)14-5-4-9-19-12-14/h3-7,9-12H,1,8H2,2H3,(H2,20,22,26)/b21-11-. The molecule has 0 atom stereocenters. The fourth-order valence-corrected chi connectivity index (χ4v) is 2.00. The predicted molar refractivity (Wildman–Crippen MR) is 104 cm³/mol. The zero-order chi connectivity index (χ0) is 18.8. The molecule has 0 radical (unpaired) electrons. The van der Waals surface area contributed by atoms with Crippen molar-refractivity contribution >= 4 is 29.5 Å². The molecule has 1 aromatic heterocycles. The van der Waals surface area contributed by atoms with Gasteiger partial charge in [0.2, 0.25) is 0 Å². The summed E-state index contributed by atoms with van der Waals surface area (Å²) in [7, 11) is 1.49. The number of nitrogens with one attached hydrogen (secondary N) is 2. The van der Waals surface area contributed by atoms with Crippen molar-refractivity contribution in [2.45, 2.75) is 0 Å². The van der Waals surface area contributed by atoms with E-state index >= 15 is 0 Å². The number of nitrogens with zero attached hydrogens (tertiary/aromatic N) is 2. The molecule has 2 N–H and O–H groups in total. The number of benzene rings is 1. The van der Waals surface area contributed by atoms with E-state index < -0.39 is 5.97 Å². The number of thiocarbonyl (C=S) groups is 1. The number of ether oxygens (including phenoxy) is 2. The first-order valence-corrected chi connectivity index (χ1v) is 8.03. The summed E-state index contributed by atoms with van der Waals surface area (Å²) >= 11 is 5.03. The van der Waals surface area contributed by atoms with Gasteiger partial charge in [-0.2, -0.15) is 5.10 Å². The van der Waals surface area contributed by atoms with Crippen molar-refractivity contribution in [1.82, 2.24) is 15.7 Å². The number of pyridine rings is 1. The molecular weight excluding hydrogens is 352 g/mol. The molecule has 2 aromatic rings. The van der Waals surface area contributed by atoms with Gasteiger partial charge in [-0.05, 0) is 48.1 Å². The van der Waals surface area contributed by atoms with Gasteiger partial charge in [-0.15, -0.1) is 6.58 Å². The average Bonchev–Trinajstić information content (AvgIpc) is 2.68. The van der Waals surface area contributed by atoms with Crippen molar-refractivity contribution in [3.63, 3.8) is 0 Å². The number of carbonyl (C=O) groups excluding carboxylic acids is 1. The fourth-order valence-electron chi connectivity index (χ4n) is 1.86. The molecule has 0 fully saturated rings. The monoisotopic (exact) mass is 370 g/mol. The summed E-state index contributed by atoms with van der Waals surface area (Å²) in [6.45, 7) is 4.13. The number of aromatic nitrogens is 1. The molecule has 134 valence electrons. The highest BCUT2D eigenvalue weighted by Crippen LogP contribution is 2.28. The lowest BCUT2D eigenvalue weighted by Crippen LogP contribution is -2.31. The Balaban J connectivity index is 2.03. The summed E-state index contributed by atoms with van der Waals surface area (Å²) in [4.78, 5) is 16.0. The van der Waals surface area contributed by atoms with E-state index in [2.05, 4.69) is 27.4 Å². The minimum atomic E-state index is -0.516. The van der Waals surface area contributed by atoms with Crippen molar-refractivity contribution in [3.8, 4) is 11.5 Å². The quantitative estimate of drug-likeness (QED) is 0.193. The Morgan fingerprint density at radius 2 is 2.23 bits per heavy atom. The van der Waals surface area contributed by atoms with E-state index in [0.29, 0.717) is 28.7 Å². The number of rotatable bonds is 7. The van der Waals surface area contributed by atoms with Crippen LogP contribution in [0.3, 0.4) is 0 Å². The number of hydrazone groups is 1. The molecule has 0 bridgehead atoms. The maximum absolute atomic E-state index is 12.1. The molecule has 1 heterocycles. The highest BCUT2D eigenvalue weighted by atomic mass is 32.1. The van der Waals surface area contributed by atoms with Gasteiger partial charge in [0.1, 0.15) is 0 Å². The molecule has 0 aliphatic heterocycles. The first-order valence-electron chi connectivity index (χ1n) is 7.62. The van der Waals surface area contributed by atoms with E-state index in [-0.39, 0.29) is 0 Å². The molecule has 8 heteroatoms. The summed E-state index contributed by atoms with van der Waals surface area (Å²) in [5, 5.41) is 7.30. The van der Waals surface area contributed by atoms with Crippen LogP contribution in [0.2, 0.25) is 0 Å². The van der Waals surface area contributed by atoms with E-state index in [1.165, 1.54) is 13.3 Å². The smallest absolute Gasteiger partial charge is 0.345 e. The summed E-state index contributed by atoms with van der Waals surface area (Å²) in [6.07, 6.45) is 6.27. The first kappa shape index (κ1) is 19.1. The zero-order valence-electron chi connectivity index (χ0n) is 14.1. The predicted octanol–water partition coefficient (Wildman–Crippen LogP) is 2.29. The van der Waals surface area contributed by atoms with E-state index in [1.54, 1.807) is 48.8 Å². The van der Waals surface area contributed by atoms with Crippen LogP contribution in [0.1, 0.15) is 15.9 Å². The van der Waals surface area contributed by atoms with E-state index in [9.17, 15) is 4.79 Å². The molecule has 0 aliphatic carbocycles. The van der Waals surface area contributed by atoms with Crippen molar-refractivity contribution in [2.75, 3.05) is 13.7 Å². The summed E-state index contributed by atoms with van der Waals surface area (Å²) in [5.74, 6) is 0.186. The normalized spacial score (nSPS) is 10.2. The lowest BCUT2D eigenvalue weighted by Gasteiger charge is -2.10. The molecule has 0 saturated heterocycles. The van der Waals surface area contributed by atoms with Crippen molar-refractivity contribution < 1.29 is 14.3 Å². The second-order valence-electron chi connectivity index (χ2n) is 4.91. The van der Waals surface area contributed by atoms with Crippen LogP contribution in [0.15, 0.2) is 60.5 Å². The van der Waals surface area contributed by atoms with Gasteiger partial charge in [-0.25, -0.2) is 4.79 Å². The Hall–Kier alpha value is -3.26. The first-order chi connectivity index (χ1) is 12.6. The molecule has 0 amide bonds. The molecule has 2 rings (SSSR count). The molecule has 0 unspecified atom stereocenters. The lowest BCUT2D eigenvalue weighted by atomic mass is 10.2. The maximum Gasteiger partial charge on any atom is 0.345 e. The van der Waals surface area contributed by atoms with Crippen molar-refractivity contribution in [2.24, 2.45) is 5.10 Å².